The molecule has 98 valence electrons. The van der Waals surface area contributed by atoms with E-state index in [-0.39, 0.29) is 0 Å². The van der Waals surface area contributed by atoms with E-state index in [4.69, 9.17) is 10.00 Å². The molecule has 0 saturated heterocycles. The van der Waals surface area contributed by atoms with Crippen molar-refractivity contribution in [1.29, 1.82) is 5.26 Å². The Morgan fingerprint density at radius 3 is 2.95 bits per heavy atom. The van der Waals surface area contributed by atoms with Crippen LogP contribution in [0.5, 0.6) is 5.75 Å². The van der Waals surface area contributed by atoms with Crippen molar-refractivity contribution in [3.8, 4) is 11.8 Å². The number of nitrogens with one attached hydrogen (secondary N) is 1. The standard InChI is InChI=1S/C14H14N2O2S/c1-18-13-7-10(8-15)4-5-11(13)16-9-12(17)14-3-2-6-19-14/h2-7,12,16-17H,9H2,1H3. The molecule has 2 N–H and O–H groups in total. The number of ether oxygens (including phenoxy) is 1. The highest BCUT2D eigenvalue weighted by Gasteiger charge is 2.10. The number of hydrogen-bond donors (Lipinski definition) is 2. The lowest BCUT2D eigenvalue weighted by atomic mass is 10.2. The maximum Gasteiger partial charge on any atom is 0.143 e. The molecular formula is C14H14N2O2S. The van der Waals surface area contributed by atoms with Crippen LogP contribution in [0.2, 0.25) is 0 Å². The van der Waals surface area contributed by atoms with Crippen molar-refractivity contribution >= 4 is 17.0 Å². The number of nitriles is 1. The summed E-state index contributed by atoms with van der Waals surface area (Å²) in [6.07, 6.45) is -0.555. The molecule has 0 aliphatic rings. The third-order valence-electron chi connectivity index (χ3n) is 2.69. The third-order valence-corrected chi connectivity index (χ3v) is 3.66. The van der Waals surface area contributed by atoms with Crippen LogP contribution in [-0.2, 0) is 0 Å². The van der Waals surface area contributed by atoms with Gasteiger partial charge in [0, 0.05) is 17.5 Å². The molecule has 1 aromatic heterocycles. The Bertz CT molecular complexity index is 576. The van der Waals surface area contributed by atoms with Gasteiger partial charge in [-0.25, -0.2) is 0 Å². The first-order chi connectivity index (χ1) is 9.24. The van der Waals surface area contributed by atoms with Crippen molar-refractivity contribution in [3.05, 3.63) is 46.2 Å². The van der Waals surface area contributed by atoms with Crippen LogP contribution in [0.1, 0.15) is 16.5 Å². The second-order valence-electron chi connectivity index (χ2n) is 3.94. The number of anilines is 1. The topological polar surface area (TPSA) is 65.3 Å². The largest absolute Gasteiger partial charge is 0.495 e. The number of nitrogens with zero attached hydrogens (tertiary/aromatic N) is 1. The molecule has 0 saturated carbocycles. The molecule has 0 aliphatic heterocycles. The molecule has 2 aromatic rings. The minimum atomic E-state index is -0.555. The van der Waals surface area contributed by atoms with Gasteiger partial charge in [0.15, 0.2) is 0 Å². The third kappa shape index (κ3) is 3.25. The van der Waals surface area contributed by atoms with Crippen molar-refractivity contribution < 1.29 is 9.84 Å². The van der Waals surface area contributed by atoms with Crippen LogP contribution < -0.4 is 10.1 Å². The van der Waals surface area contributed by atoms with E-state index in [0.29, 0.717) is 17.9 Å². The van der Waals surface area contributed by atoms with Crippen LogP contribution in [0.4, 0.5) is 5.69 Å². The van der Waals surface area contributed by atoms with Crippen LogP contribution in [0.15, 0.2) is 35.7 Å². The number of benzene rings is 1. The molecule has 4 nitrogen and oxygen atoms in total. The molecule has 1 heterocycles. The van der Waals surface area contributed by atoms with Crippen LogP contribution >= 0.6 is 11.3 Å². The average molecular weight is 274 g/mol. The molecule has 0 spiro atoms. The highest BCUT2D eigenvalue weighted by Crippen LogP contribution is 2.26. The molecule has 0 amide bonds. The Morgan fingerprint density at radius 1 is 1.47 bits per heavy atom. The van der Waals surface area contributed by atoms with Gasteiger partial charge < -0.3 is 15.2 Å². The monoisotopic (exact) mass is 274 g/mol. The zero-order chi connectivity index (χ0) is 13.7. The van der Waals surface area contributed by atoms with Gasteiger partial charge >= 0.3 is 0 Å². The van der Waals surface area contributed by atoms with Crippen molar-refractivity contribution in [2.24, 2.45) is 0 Å². The highest BCUT2D eigenvalue weighted by atomic mass is 32.1. The fourth-order valence-corrected chi connectivity index (χ4v) is 2.41. The zero-order valence-electron chi connectivity index (χ0n) is 10.5. The van der Waals surface area contributed by atoms with E-state index in [2.05, 4.69) is 11.4 Å². The van der Waals surface area contributed by atoms with Crippen molar-refractivity contribution in [2.75, 3.05) is 19.0 Å². The molecule has 2 rings (SSSR count). The number of hydrogen-bond acceptors (Lipinski definition) is 5. The van der Waals surface area contributed by atoms with E-state index in [1.165, 1.54) is 11.3 Å². The van der Waals surface area contributed by atoms with E-state index in [9.17, 15) is 5.11 Å². The summed E-state index contributed by atoms with van der Waals surface area (Å²) in [6.45, 7) is 0.392. The molecular weight excluding hydrogens is 260 g/mol. The predicted octanol–water partition coefficient (Wildman–Crippen LogP) is 2.77. The van der Waals surface area contributed by atoms with Crippen LogP contribution in [-0.4, -0.2) is 18.8 Å². The van der Waals surface area contributed by atoms with Gasteiger partial charge in [-0.3, -0.25) is 0 Å². The lowest BCUT2D eigenvalue weighted by Crippen LogP contribution is -2.11. The minimum Gasteiger partial charge on any atom is -0.495 e. The average Bonchev–Trinajstić information content (AvgIpc) is 2.98. The summed E-state index contributed by atoms with van der Waals surface area (Å²) in [5.41, 5.74) is 1.30. The molecule has 0 radical (unpaired) electrons. The lowest BCUT2D eigenvalue weighted by molar-refractivity contribution is 0.195. The van der Waals surface area contributed by atoms with Crippen LogP contribution in [0.3, 0.4) is 0 Å². The summed E-state index contributed by atoms with van der Waals surface area (Å²) in [7, 11) is 1.55. The Kier molecular flexibility index (Phi) is 4.39. The summed E-state index contributed by atoms with van der Waals surface area (Å²) in [4.78, 5) is 0.917. The Hall–Kier alpha value is -2.03. The lowest BCUT2D eigenvalue weighted by Gasteiger charge is -2.14. The van der Waals surface area contributed by atoms with Gasteiger partial charge in [0.1, 0.15) is 11.9 Å². The first kappa shape index (κ1) is 13.4. The normalized spacial score (nSPS) is 11.6. The Morgan fingerprint density at radius 2 is 2.32 bits per heavy atom. The molecule has 1 unspecified atom stereocenters. The van der Waals surface area contributed by atoms with E-state index < -0.39 is 6.10 Å². The SMILES string of the molecule is COc1cc(C#N)ccc1NCC(O)c1cccs1. The van der Waals surface area contributed by atoms with Gasteiger partial charge in [0.25, 0.3) is 0 Å². The van der Waals surface area contributed by atoms with E-state index in [1.54, 1.807) is 25.3 Å². The van der Waals surface area contributed by atoms with Crippen molar-refractivity contribution in [2.45, 2.75) is 6.10 Å². The van der Waals surface area contributed by atoms with Gasteiger partial charge in [-0.1, -0.05) is 6.07 Å². The number of aliphatic hydroxyl groups is 1. The minimum absolute atomic E-state index is 0.392. The van der Waals surface area contributed by atoms with Crippen molar-refractivity contribution in [3.63, 3.8) is 0 Å². The fraction of sp³-hybridized carbons (Fsp3) is 0.214. The fourth-order valence-electron chi connectivity index (χ4n) is 1.69. The first-order valence-electron chi connectivity index (χ1n) is 5.78. The smallest absolute Gasteiger partial charge is 0.143 e. The molecule has 0 fully saturated rings. The second kappa shape index (κ2) is 6.23. The van der Waals surface area contributed by atoms with Crippen molar-refractivity contribution in [1.82, 2.24) is 0 Å². The maximum atomic E-state index is 9.99. The number of thiophene rings is 1. The molecule has 1 aromatic carbocycles. The molecule has 0 bridgehead atoms. The van der Waals surface area contributed by atoms with E-state index >= 15 is 0 Å². The molecule has 19 heavy (non-hydrogen) atoms. The van der Waals surface area contributed by atoms with Crippen LogP contribution in [0.25, 0.3) is 0 Å². The first-order valence-corrected chi connectivity index (χ1v) is 6.66. The predicted molar refractivity (Wildman–Crippen MR) is 75.5 cm³/mol. The summed E-state index contributed by atoms with van der Waals surface area (Å²) < 4.78 is 5.22. The van der Waals surface area contributed by atoms with E-state index in [0.717, 1.165) is 10.6 Å². The quantitative estimate of drug-likeness (QED) is 0.880. The summed E-state index contributed by atoms with van der Waals surface area (Å²) in [5.74, 6) is 0.595. The summed E-state index contributed by atoms with van der Waals surface area (Å²) >= 11 is 1.52. The Balaban J connectivity index is 2.05. The number of methoxy groups -OCH3 is 1. The van der Waals surface area contributed by atoms with Gasteiger partial charge in [-0.05, 0) is 23.6 Å². The van der Waals surface area contributed by atoms with E-state index in [1.807, 2.05) is 17.5 Å². The van der Waals surface area contributed by atoms with Crippen LogP contribution in [0, 0.1) is 11.3 Å². The van der Waals surface area contributed by atoms with Gasteiger partial charge in [0.2, 0.25) is 0 Å². The van der Waals surface area contributed by atoms with Gasteiger partial charge in [-0.15, -0.1) is 11.3 Å². The number of aliphatic hydroxyl groups excluding tert-OH is 1. The molecule has 1 atom stereocenters. The van der Waals surface area contributed by atoms with Gasteiger partial charge in [-0.2, -0.15) is 5.26 Å². The summed E-state index contributed by atoms with van der Waals surface area (Å²) in [5, 5.41) is 23.9. The number of rotatable bonds is 5. The highest BCUT2D eigenvalue weighted by molar-refractivity contribution is 7.10. The molecule has 0 aliphatic carbocycles. The Labute approximate surface area is 115 Å². The zero-order valence-corrected chi connectivity index (χ0v) is 11.3. The maximum absolute atomic E-state index is 9.99. The van der Waals surface area contributed by atoms with Gasteiger partial charge in [0.05, 0.1) is 24.4 Å². The second-order valence-corrected chi connectivity index (χ2v) is 4.92. The summed E-state index contributed by atoms with van der Waals surface area (Å²) in [6, 6.07) is 11.0. The molecule has 5 heteroatoms.